The van der Waals surface area contributed by atoms with Gasteiger partial charge in [0.15, 0.2) is 0 Å². The van der Waals surface area contributed by atoms with Crippen molar-refractivity contribution in [1.82, 2.24) is 20.2 Å². The molecule has 98 valence electrons. The Balaban J connectivity index is 1.93. The molecular formula is C12H18N4O2. The summed E-state index contributed by atoms with van der Waals surface area (Å²) in [5.74, 6) is -0.128. The Kier molecular flexibility index (Phi) is 4.22. The second-order valence-corrected chi connectivity index (χ2v) is 4.43. The van der Waals surface area contributed by atoms with E-state index in [0.29, 0.717) is 18.8 Å². The van der Waals surface area contributed by atoms with Crippen molar-refractivity contribution in [1.29, 1.82) is 0 Å². The van der Waals surface area contributed by atoms with Crippen LogP contribution in [0.2, 0.25) is 0 Å². The van der Waals surface area contributed by atoms with Crippen LogP contribution in [-0.2, 0) is 4.74 Å². The number of nitrogens with zero attached hydrogens (tertiary/aromatic N) is 3. The molecule has 1 amide bonds. The van der Waals surface area contributed by atoms with Crippen molar-refractivity contribution < 1.29 is 9.53 Å². The molecule has 1 N–H and O–H groups in total. The van der Waals surface area contributed by atoms with Crippen LogP contribution >= 0.6 is 0 Å². The van der Waals surface area contributed by atoms with Crippen LogP contribution in [0.1, 0.15) is 16.2 Å². The van der Waals surface area contributed by atoms with E-state index in [1.54, 1.807) is 18.1 Å². The zero-order valence-corrected chi connectivity index (χ0v) is 10.7. The predicted molar refractivity (Wildman–Crippen MR) is 66.3 cm³/mol. The number of ether oxygens (including phenoxy) is 1. The van der Waals surface area contributed by atoms with E-state index in [0.717, 1.165) is 18.8 Å². The third-order valence-corrected chi connectivity index (χ3v) is 2.83. The van der Waals surface area contributed by atoms with Crippen molar-refractivity contribution in [3.05, 3.63) is 23.8 Å². The van der Waals surface area contributed by atoms with Crippen LogP contribution in [0.25, 0.3) is 0 Å². The molecule has 1 fully saturated rings. The smallest absolute Gasteiger partial charge is 0.273 e. The summed E-state index contributed by atoms with van der Waals surface area (Å²) < 4.78 is 5.56. The molecule has 1 aliphatic heterocycles. The predicted octanol–water partition coefficient (Wildman–Crippen LogP) is -0.155. The molecule has 1 aliphatic rings. The van der Waals surface area contributed by atoms with Crippen molar-refractivity contribution in [2.24, 2.45) is 0 Å². The first kappa shape index (κ1) is 12.9. The zero-order chi connectivity index (χ0) is 13.0. The maximum Gasteiger partial charge on any atom is 0.273 e. The van der Waals surface area contributed by atoms with Gasteiger partial charge >= 0.3 is 0 Å². The maximum atomic E-state index is 12.1. The zero-order valence-electron chi connectivity index (χ0n) is 10.7. The fraction of sp³-hybridized carbons (Fsp3) is 0.583. The van der Waals surface area contributed by atoms with Crippen LogP contribution in [0.5, 0.6) is 0 Å². The van der Waals surface area contributed by atoms with Gasteiger partial charge in [0.05, 0.1) is 24.6 Å². The first-order valence-electron chi connectivity index (χ1n) is 6.03. The third-order valence-electron chi connectivity index (χ3n) is 2.83. The Hall–Kier alpha value is -1.53. The van der Waals surface area contributed by atoms with Crippen LogP contribution < -0.4 is 5.32 Å². The molecule has 6 heteroatoms. The average Bonchev–Trinajstić information content (AvgIpc) is 2.40. The van der Waals surface area contributed by atoms with Gasteiger partial charge < -0.3 is 15.0 Å². The van der Waals surface area contributed by atoms with Crippen LogP contribution in [0.15, 0.2) is 12.4 Å². The number of rotatable bonds is 3. The number of morpholine rings is 1. The fourth-order valence-electron chi connectivity index (χ4n) is 1.82. The summed E-state index contributed by atoms with van der Waals surface area (Å²) in [6.45, 7) is 4.74. The molecule has 1 aromatic heterocycles. The molecule has 0 aromatic carbocycles. The van der Waals surface area contributed by atoms with E-state index in [1.807, 2.05) is 6.92 Å². The van der Waals surface area contributed by atoms with Crippen molar-refractivity contribution in [2.75, 3.05) is 33.3 Å². The summed E-state index contributed by atoms with van der Waals surface area (Å²) in [5, 5.41) is 3.24. The number of hydrogen-bond acceptors (Lipinski definition) is 5. The second kappa shape index (κ2) is 5.88. The first-order chi connectivity index (χ1) is 8.66. The Morgan fingerprint density at radius 1 is 1.56 bits per heavy atom. The molecule has 2 rings (SSSR count). The maximum absolute atomic E-state index is 12.1. The molecule has 18 heavy (non-hydrogen) atoms. The Morgan fingerprint density at radius 2 is 2.39 bits per heavy atom. The molecule has 6 nitrogen and oxygen atoms in total. The molecule has 1 unspecified atom stereocenters. The van der Waals surface area contributed by atoms with Gasteiger partial charge in [-0.15, -0.1) is 0 Å². The standard InChI is InChI=1S/C12H18N4O2/c1-9-5-15-11(7-14-9)12(17)16(2)8-10-6-13-3-4-18-10/h5,7,10,13H,3-4,6,8H2,1-2H3. The van der Waals surface area contributed by atoms with Gasteiger partial charge in [-0.1, -0.05) is 0 Å². The highest BCUT2D eigenvalue weighted by Crippen LogP contribution is 2.03. The summed E-state index contributed by atoms with van der Waals surface area (Å²) in [6, 6.07) is 0. The number of hydrogen-bond donors (Lipinski definition) is 1. The van der Waals surface area contributed by atoms with Gasteiger partial charge in [0, 0.05) is 32.9 Å². The monoisotopic (exact) mass is 250 g/mol. The average molecular weight is 250 g/mol. The van der Waals surface area contributed by atoms with Crippen LogP contribution in [-0.4, -0.2) is 60.2 Å². The number of likely N-dealkylation sites (N-methyl/N-ethyl adjacent to an activating group) is 1. The number of carbonyl (C=O) groups excluding carboxylic acids is 1. The van der Waals surface area contributed by atoms with E-state index in [-0.39, 0.29) is 12.0 Å². The van der Waals surface area contributed by atoms with Crippen molar-refractivity contribution >= 4 is 5.91 Å². The topological polar surface area (TPSA) is 67.4 Å². The molecule has 1 aromatic rings. The first-order valence-corrected chi connectivity index (χ1v) is 6.03. The van der Waals surface area contributed by atoms with E-state index in [4.69, 9.17) is 4.74 Å². The van der Waals surface area contributed by atoms with E-state index in [2.05, 4.69) is 15.3 Å². The van der Waals surface area contributed by atoms with E-state index >= 15 is 0 Å². The normalized spacial score (nSPS) is 19.6. The molecule has 2 heterocycles. The van der Waals surface area contributed by atoms with Gasteiger partial charge in [-0.05, 0) is 6.92 Å². The minimum atomic E-state index is -0.128. The molecule has 1 saturated heterocycles. The number of amides is 1. The summed E-state index contributed by atoms with van der Waals surface area (Å²) in [5.41, 5.74) is 1.17. The summed E-state index contributed by atoms with van der Waals surface area (Å²) >= 11 is 0. The lowest BCUT2D eigenvalue weighted by Gasteiger charge is -2.27. The van der Waals surface area contributed by atoms with Gasteiger partial charge in [0.1, 0.15) is 5.69 Å². The molecule has 1 atom stereocenters. The van der Waals surface area contributed by atoms with Gasteiger partial charge in [0.2, 0.25) is 0 Å². The lowest BCUT2D eigenvalue weighted by atomic mass is 10.2. The van der Waals surface area contributed by atoms with E-state index in [1.165, 1.54) is 6.20 Å². The number of carbonyl (C=O) groups is 1. The lowest BCUT2D eigenvalue weighted by molar-refractivity contribution is 0.0102. The largest absolute Gasteiger partial charge is 0.374 e. The fourth-order valence-corrected chi connectivity index (χ4v) is 1.82. The quantitative estimate of drug-likeness (QED) is 0.808. The summed E-state index contributed by atoms with van der Waals surface area (Å²) in [4.78, 5) is 21.9. The molecule has 0 aliphatic carbocycles. The lowest BCUT2D eigenvalue weighted by Crippen LogP contribution is -2.45. The van der Waals surface area contributed by atoms with Crippen LogP contribution in [0, 0.1) is 6.92 Å². The molecular weight excluding hydrogens is 232 g/mol. The van der Waals surface area contributed by atoms with Gasteiger partial charge in [-0.3, -0.25) is 9.78 Å². The van der Waals surface area contributed by atoms with Crippen molar-refractivity contribution in [3.63, 3.8) is 0 Å². The van der Waals surface area contributed by atoms with Crippen LogP contribution in [0.3, 0.4) is 0 Å². The molecule has 0 radical (unpaired) electrons. The summed E-state index contributed by atoms with van der Waals surface area (Å²) in [7, 11) is 1.75. The van der Waals surface area contributed by atoms with Gasteiger partial charge in [0.25, 0.3) is 5.91 Å². The van der Waals surface area contributed by atoms with Gasteiger partial charge in [-0.25, -0.2) is 4.98 Å². The van der Waals surface area contributed by atoms with E-state index < -0.39 is 0 Å². The Labute approximate surface area is 106 Å². The molecule has 0 bridgehead atoms. The Morgan fingerprint density at radius 3 is 3.00 bits per heavy atom. The second-order valence-electron chi connectivity index (χ2n) is 4.43. The van der Waals surface area contributed by atoms with Crippen LogP contribution in [0.4, 0.5) is 0 Å². The highest BCUT2D eigenvalue weighted by atomic mass is 16.5. The van der Waals surface area contributed by atoms with Crippen molar-refractivity contribution in [2.45, 2.75) is 13.0 Å². The number of aryl methyl sites for hydroxylation is 1. The molecule has 0 spiro atoms. The van der Waals surface area contributed by atoms with Crippen molar-refractivity contribution in [3.8, 4) is 0 Å². The van der Waals surface area contributed by atoms with E-state index in [9.17, 15) is 4.79 Å². The highest BCUT2D eigenvalue weighted by Gasteiger charge is 2.20. The number of aromatic nitrogens is 2. The Bertz CT molecular complexity index is 401. The molecule has 0 saturated carbocycles. The minimum absolute atomic E-state index is 0.0473. The van der Waals surface area contributed by atoms with Gasteiger partial charge in [-0.2, -0.15) is 0 Å². The highest BCUT2D eigenvalue weighted by molar-refractivity contribution is 5.91. The SMILES string of the molecule is Cc1cnc(C(=O)N(C)CC2CNCCO2)cn1. The minimum Gasteiger partial charge on any atom is -0.374 e. The number of nitrogens with one attached hydrogen (secondary N) is 1. The summed E-state index contributed by atoms with van der Waals surface area (Å²) in [6.07, 6.45) is 3.15. The third kappa shape index (κ3) is 3.24.